The fraction of sp³-hybridized carbons (Fsp3) is 0.714. The van der Waals surface area contributed by atoms with Crippen LogP contribution >= 0.6 is 0 Å². The Morgan fingerprint density at radius 2 is 2.05 bits per heavy atom. The highest BCUT2D eigenvalue weighted by molar-refractivity contribution is 5.37. The molecule has 0 unspecified atom stereocenters. The molecule has 0 bridgehead atoms. The van der Waals surface area contributed by atoms with Crippen molar-refractivity contribution >= 4 is 5.82 Å². The summed E-state index contributed by atoms with van der Waals surface area (Å²) in [5, 5.41) is 3.38. The van der Waals surface area contributed by atoms with E-state index in [4.69, 9.17) is 0 Å². The highest BCUT2D eigenvalue weighted by Gasteiger charge is 2.10. The van der Waals surface area contributed by atoms with Crippen LogP contribution in [0.4, 0.5) is 5.82 Å². The molecule has 1 heterocycles. The van der Waals surface area contributed by atoms with E-state index in [1.165, 1.54) is 0 Å². The van der Waals surface area contributed by atoms with Crippen molar-refractivity contribution in [2.24, 2.45) is 0 Å². The summed E-state index contributed by atoms with van der Waals surface area (Å²) >= 11 is 0. The fourth-order valence-corrected chi connectivity index (χ4v) is 1.82. The first-order chi connectivity index (χ1) is 8.93. The molecule has 0 aliphatic carbocycles. The monoisotopic (exact) mass is 266 g/mol. The van der Waals surface area contributed by atoms with Crippen molar-refractivity contribution in [1.82, 2.24) is 15.3 Å². The lowest BCUT2D eigenvalue weighted by Gasteiger charge is -2.23. The Morgan fingerprint density at radius 3 is 2.58 bits per heavy atom. The van der Waals surface area contributed by atoms with Crippen LogP contribution in [0, 0.1) is 0 Å². The maximum atomic E-state index is 11.7. The minimum absolute atomic E-state index is 0.0797. The number of anilines is 1. The largest absolute Gasteiger partial charge is 0.355 e. The number of H-pyrrole nitrogens is 1. The fourth-order valence-electron chi connectivity index (χ4n) is 1.82. The van der Waals surface area contributed by atoms with Crippen molar-refractivity contribution in [2.75, 3.05) is 24.5 Å². The molecule has 0 fully saturated rings. The minimum Gasteiger partial charge on any atom is -0.355 e. The van der Waals surface area contributed by atoms with Gasteiger partial charge in [-0.25, -0.2) is 4.98 Å². The molecule has 0 atom stereocenters. The van der Waals surface area contributed by atoms with Gasteiger partial charge in [0.15, 0.2) is 0 Å². The molecule has 0 radical (unpaired) electrons. The van der Waals surface area contributed by atoms with Crippen LogP contribution in [0.2, 0.25) is 0 Å². The smallest absolute Gasteiger partial charge is 0.252 e. The van der Waals surface area contributed by atoms with Gasteiger partial charge in [0.1, 0.15) is 11.6 Å². The van der Waals surface area contributed by atoms with Gasteiger partial charge in [0, 0.05) is 37.7 Å². The normalized spacial score (nSPS) is 11.3. The molecule has 2 N–H and O–H groups in total. The summed E-state index contributed by atoms with van der Waals surface area (Å²) in [5.74, 6) is 1.73. The van der Waals surface area contributed by atoms with Crippen LogP contribution in [-0.2, 0) is 0 Å². The van der Waals surface area contributed by atoms with Crippen LogP contribution in [0.25, 0.3) is 0 Å². The lowest BCUT2D eigenvalue weighted by Crippen LogP contribution is -2.36. The summed E-state index contributed by atoms with van der Waals surface area (Å²) in [6.07, 6.45) is 0. The number of aromatic nitrogens is 2. The molecule has 5 nitrogen and oxygen atoms in total. The van der Waals surface area contributed by atoms with Gasteiger partial charge in [0.2, 0.25) is 0 Å². The summed E-state index contributed by atoms with van der Waals surface area (Å²) < 4.78 is 0. The Bertz CT molecular complexity index is 439. The summed E-state index contributed by atoms with van der Waals surface area (Å²) in [5.41, 5.74) is -0.0797. The number of nitrogens with one attached hydrogen (secondary N) is 2. The number of hydrogen-bond donors (Lipinski definition) is 2. The second-order valence-corrected chi connectivity index (χ2v) is 5.33. The van der Waals surface area contributed by atoms with Crippen LogP contribution in [-0.4, -0.2) is 35.6 Å². The van der Waals surface area contributed by atoms with E-state index in [9.17, 15) is 4.79 Å². The molecule has 0 aliphatic rings. The minimum atomic E-state index is -0.0797. The summed E-state index contributed by atoms with van der Waals surface area (Å²) in [7, 11) is 0. The van der Waals surface area contributed by atoms with Gasteiger partial charge in [-0.1, -0.05) is 27.7 Å². The van der Waals surface area contributed by atoms with E-state index in [0.29, 0.717) is 6.04 Å². The first-order valence-corrected chi connectivity index (χ1v) is 7.03. The zero-order valence-corrected chi connectivity index (χ0v) is 12.7. The molecule has 19 heavy (non-hydrogen) atoms. The Morgan fingerprint density at radius 1 is 1.37 bits per heavy atom. The van der Waals surface area contributed by atoms with Crippen LogP contribution in [0.1, 0.15) is 46.4 Å². The SMILES string of the molecule is CCN(CCNC(C)C)c1cc(=O)[nH]c(C(C)C)n1. The third-order valence-electron chi connectivity index (χ3n) is 2.93. The molecule has 1 aromatic rings. The van der Waals surface area contributed by atoms with Gasteiger partial charge in [-0.3, -0.25) is 4.79 Å². The van der Waals surface area contributed by atoms with E-state index in [1.807, 2.05) is 13.8 Å². The van der Waals surface area contributed by atoms with Crippen molar-refractivity contribution in [3.63, 3.8) is 0 Å². The van der Waals surface area contributed by atoms with Crippen molar-refractivity contribution in [1.29, 1.82) is 0 Å². The van der Waals surface area contributed by atoms with Crippen molar-refractivity contribution in [2.45, 2.75) is 46.6 Å². The molecule has 0 saturated carbocycles. The Balaban J connectivity index is 2.82. The van der Waals surface area contributed by atoms with Gasteiger partial charge in [-0.05, 0) is 6.92 Å². The van der Waals surface area contributed by atoms with E-state index in [2.05, 4.69) is 41.0 Å². The van der Waals surface area contributed by atoms with Gasteiger partial charge in [-0.2, -0.15) is 0 Å². The van der Waals surface area contributed by atoms with Gasteiger partial charge in [0.25, 0.3) is 5.56 Å². The third kappa shape index (κ3) is 5.03. The average Bonchev–Trinajstić information content (AvgIpc) is 2.33. The van der Waals surface area contributed by atoms with Crippen LogP contribution in [0.15, 0.2) is 10.9 Å². The maximum absolute atomic E-state index is 11.7. The second kappa shape index (κ2) is 7.28. The highest BCUT2D eigenvalue weighted by atomic mass is 16.1. The highest BCUT2D eigenvalue weighted by Crippen LogP contribution is 2.12. The van der Waals surface area contributed by atoms with Gasteiger partial charge < -0.3 is 15.2 Å². The Labute approximate surface area is 115 Å². The average molecular weight is 266 g/mol. The van der Waals surface area contributed by atoms with Gasteiger partial charge in [0.05, 0.1) is 0 Å². The summed E-state index contributed by atoms with van der Waals surface area (Å²) in [6.45, 7) is 13.0. The number of rotatable bonds is 7. The molecule has 1 rings (SSSR count). The molecule has 0 saturated heterocycles. The molecular formula is C14H26N4O. The standard InChI is InChI=1S/C14H26N4O/c1-6-18(8-7-15-11(4)5)12-9-13(19)17-14(16-12)10(2)3/h9-11,15H,6-8H2,1-5H3,(H,16,17,19). The van der Waals surface area contributed by atoms with E-state index < -0.39 is 0 Å². The molecular weight excluding hydrogens is 240 g/mol. The van der Waals surface area contributed by atoms with E-state index >= 15 is 0 Å². The van der Waals surface area contributed by atoms with E-state index in [1.54, 1.807) is 6.07 Å². The molecule has 0 aromatic carbocycles. The van der Waals surface area contributed by atoms with Crippen molar-refractivity contribution < 1.29 is 0 Å². The third-order valence-corrected chi connectivity index (χ3v) is 2.93. The molecule has 0 aliphatic heterocycles. The number of hydrogen-bond acceptors (Lipinski definition) is 4. The Kier molecular flexibility index (Phi) is 6.02. The van der Waals surface area contributed by atoms with Gasteiger partial charge >= 0.3 is 0 Å². The predicted molar refractivity (Wildman–Crippen MR) is 80.0 cm³/mol. The number of nitrogens with zero attached hydrogens (tertiary/aromatic N) is 2. The van der Waals surface area contributed by atoms with Crippen LogP contribution < -0.4 is 15.8 Å². The van der Waals surface area contributed by atoms with Crippen molar-refractivity contribution in [3.05, 3.63) is 22.2 Å². The first-order valence-electron chi connectivity index (χ1n) is 7.03. The van der Waals surface area contributed by atoms with Gasteiger partial charge in [-0.15, -0.1) is 0 Å². The Hall–Kier alpha value is -1.36. The predicted octanol–water partition coefficient (Wildman–Crippen LogP) is 1.72. The lowest BCUT2D eigenvalue weighted by molar-refractivity contribution is 0.581. The van der Waals surface area contributed by atoms with E-state index in [0.717, 1.165) is 31.3 Å². The molecule has 0 amide bonds. The molecule has 1 aromatic heterocycles. The second-order valence-electron chi connectivity index (χ2n) is 5.33. The topological polar surface area (TPSA) is 61.0 Å². The zero-order valence-electron chi connectivity index (χ0n) is 12.7. The maximum Gasteiger partial charge on any atom is 0.252 e. The van der Waals surface area contributed by atoms with Crippen molar-refractivity contribution in [3.8, 4) is 0 Å². The number of aromatic amines is 1. The summed E-state index contributed by atoms with van der Waals surface area (Å²) in [4.78, 5) is 21.1. The quantitative estimate of drug-likeness (QED) is 0.789. The zero-order chi connectivity index (χ0) is 14.4. The first kappa shape index (κ1) is 15.7. The summed E-state index contributed by atoms with van der Waals surface area (Å²) in [6, 6.07) is 2.04. The number of likely N-dealkylation sites (N-methyl/N-ethyl adjacent to an activating group) is 1. The van der Waals surface area contributed by atoms with E-state index in [-0.39, 0.29) is 11.5 Å². The molecule has 0 spiro atoms. The molecule has 108 valence electrons. The lowest BCUT2D eigenvalue weighted by atomic mass is 10.2. The van der Waals surface area contributed by atoms with Crippen LogP contribution in [0.3, 0.4) is 0 Å². The molecule has 5 heteroatoms. The van der Waals surface area contributed by atoms with Crippen LogP contribution in [0.5, 0.6) is 0 Å².